The molecule has 108 valence electrons. The van der Waals surface area contributed by atoms with Gasteiger partial charge in [0, 0.05) is 6.54 Å². The second-order valence-corrected chi connectivity index (χ2v) is 4.99. The summed E-state index contributed by atoms with van der Waals surface area (Å²) in [6, 6.07) is 8.90. The second-order valence-electron chi connectivity index (χ2n) is 4.99. The molecule has 0 aliphatic rings. The van der Waals surface area contributed by atoms with Gasteiger partial charge in [0.15, 0.2) is 0 Å². The summed E-state index contributed by atoms with van der Waals surface area (Å²) in [6.07, 6.45) is 0. The number of benzene rings is 2. The van der Waals surface area contributed by atoms with Gasteiger partial charge in [-0.1, -0.05) is 24.3 Å². The van der Waals surface area contributed by atoms with Crippen LogP contribution in [0.15, 0.2) is 36.4 Å². The van der Waals surface area contributed by atoms with Gasteiger partial charge in [-0.25, -0.2) is 0 Å². The molecular weight excluding hydrogens is 305 g/mol. The van der Waals surface area contributed by atoms with Crippen LogP contribution in [0.1, 0.15) is 0 Å². The summed E-state index contributed by atoms with van der Waals surface area (Å²) in [4.78, 5) is 2.00. The molecule has 0 fully saturated rings. The molecule has 0 aromatic heterocycles. The van der Waals surface area contributed by atoms with E-state index in [2.05, 4.69) is 0 Å². The second kappa shape index (κ2) is 7.99. The smallest absolute Gasteiger partial charge is 0.492 e. The topological polar surface area (TPSA) is 12.5 Å². The number of nitrogens with zero attached hydrogens (tertiary/aromatic N) is 1. The summed E-state index contributed by atoms with van der Waals surface area (Å²) >= 11 is 0. The molecule has 0 N–H and O–H groups in total. The predicted octanol–water partition coefficient (Wildman–Crippen LogP) is -0.161. The zero-order chi connectivity index (χ0) is 14.8. The van der Waals surface area contributed by atoms with Crippen molar-refractivity contribution >= 4 is 23.2 Å². The fourth-order valence-electron chi connectivity index (χ4n) is 1.88. The maximum absolute atomic E-state index is 12.7. The molecule has 0 radical (unpaired) electrons. The van der Waals surface area contributed by atoms with Gasteiger partial charge >= 0.3 is 58.4 Å². The fraction of sp³-hybridized carbons (Fsp3) is 0.286. The molecule has 0 aliphatic carbocycles. The summed E-state index contributed by atoms with van der Waals surface area (Å²) < 4.78 is 43.6. The molecule has 7 heteroatoms. The van der Waals surface area contributed by atoms with Crippen LogP contribution in [0.5, 0.6) is 5.75 Å². The Hall–Kier alpha value is -0.0487. The number of halogens is 3. The third-order valence-corrected chi connectivity index (χ3v) is 3.02. The van der Waals surface area contributed by atoms with E-state index in [9.17, 15) is 12.9 Å². The van der Waals surface area contributed by atoms with Crippen LogP contribution in [0.4, 0.5) is 12.9 Å². The minimum absolute atomic E-state index is 0. The fourth-order valence-corrected chi connectivity index (χ4v) is 1.88. The first-order chi connectivity index (χ1) is 9.36. The van der Waals surface area contributed by atoms with Crippen LogP contribution in [0.25, 0.3) is 10.8 Å². The van der Waals surface area contributed by atoms with Gasteiger partial charge < -0.3 is 22.6 Å². The third-order valence-electron chi connectivity index (χ3n) is 3.02. The van der Waals surface area contributed by atoms with Crippen LogP contribution in [0, 0.1) is 0 Å². The number of likely N-dealkylation sites (N-methyl/N-ethyl adjacent to an activating group) is 1. The number of rotatable bonds is 5. The van der Waals surface area contributed by atoms with Crippen molar-refractivity contribution in [1.82, 2.24) is 4.90 Å². The van der Waals surface area contributed by atoms with Crippen molar-refractivity contribution in [3.05, 3.63) is 36.4 Å². The first kappa shape index (κ1) is 19.0. The van der Waals surface area contributed by atoms with Crippen LogP contribution in [-0.2, 0) is 0 Å². The number of hydrogen-bond acceptors (Lipinski definition) is 2. The van der Waals surface area contributed by atoms with Gasteiger partial charge in [0.05, 0.1) is 0 Å². The molecular formula is C14H16BF3KNO. The molecule has 0 saturated heterocycles. The summed E-state index contributed by atoms with van der Waals surface area (Å²) in [5.41, 5.74) is -0.571. The van der Waals surface area contributed by atoms with Gasteiger partial charge in [0.2, 0.25) is 0 Å². The Labute approximate surface area is 165 Å². The quantitative estimate of drug-likeness (QED) is 0.710. The monoisotopic (exact) mass is 321 g/mol. The predicted molar refractivity (Wildman–Crippen MR) is 76.7 cm³/mol. The molecule has 0 atom stereocenters. The van der Waals surface area contributed by atoms with E-state index in [0.29, 0.717) is 17.7 Å². The van der Waals surface area contributed by atoms with Crippen molar-refractivity contribution in [3.63, 3.8) is 0 Å². The van der Waals surface area contributed by atoms with Gasteiger partial charge in [0.1, 0.15) is 12.4 Å². The normalized spacial score (nSPS) is 11.5. The van der Waals surface area contributed by atoms with Gasteiger partial charge in [-0.15, -0.1) is 5.46 Å². The standard InChI is InChI=1S/C14H16BF3NO.K/c1-19(2)7-8-20-14-6-4-11-9-13(15(16,17)18)5-3-12(11)10-14;/h3-6,9-10H,7-8H2,1-2H3;/q-1;+1. The van der Waals surface area contributed by atoms with E-state index in [0.717, 1.165) is 18.0 Å². The van der Waals surface area contributed by atoms with E-state index in [1.54, 1.807) is 18.2 Å². The van der Waals surface area contributed by atoms with E-state index in [-0.39, 0.29) is 51.4 Å². The van der Waals surface area contributed by atoms with Crippen molar-refractivity contribution in [2.24, 2.45) is 0 Å². The Balaban J connectivity index is 0.00000220. The summed E-state index contributed by atoms with van der Waals surface area (Å²) in [6.45, 7) is -3.62. The van der Waals surface area contributed by atoms with Crippen molar-refractivity contribution in [1.29, 1.82) is 0 Å². The minimum Gasteiger partial charge on any atom is -0.492 e. The molecule has 0 amide bonds. The van der Waals surface area contributed by atoms with Crippen LogP contribution in [0.2, 0.25) is 0 Å². The molecule has 0 bridgehead atoms. The van der Waals surface area contributed by atoms with Crippen molar-refractivity contribution in [2.45, 2.75) is 0 Å². The molecule has 0 heterocycles. The molecule has 0 unspecified atom stereocenters. The zero-order valence-electron chi connectivity index (χ0n) is 12.4. The molecule has 21 heavy (non-hydrogen) atoms. The Kier molecular flexibility index (Phi) is 7.23. The van der Waals surface area contributed by atoms with Crippen LogP contribution < -0.4 is 61.6 Å². The summed E-state index contributed by atoms with van der Waals surface area (Å²) in [7, 11) is 3.90. The van der Waals surface area contributed by atoms with Crippen molar-refractivity contribution in [3.8, 4) is 5.75 Å². The molecule has 2 aromatic rings. The summed E-state index contributed by atoms with van der Waals surface area (Å²) in [5.74, 6) is 0.671. The van der Waals surface area contributed by atoms with Gasteiger partial charge in [-0.05, 0) is 37.0 Å². The largest absolute Gasteiger partial charge is 1.00 e. The summed E-state index contributed by atoms with van der Waals surface area (Å²) in [5, 5.41) is 1.32. The maximum Gasteiger partial charge on any atom is 1.00 e. The van der Waals surface area contributed by atoms with Crippen LogP contribution in [-0.4, -0.2) is 39.1 Å². The van der Waals surface area contributed by atoms with Gasteiger partial charge in [0.25, 0.3) is 0 Å². The zero-order valence-corrected chi connectivity index (χ0v) is 15.6. The molecule has 2 rings (SSSR count). The van der Waals surface area contributed by atoms with Gasteiger partial charge in [-0.3, -0.25) is 0 Å². The van der Waals surface area contributed by atoms with Crippen molar-refractivity contribution in [2.75, 3.05) is 27.2 Å². The van der Waals surface area contributed by atoms with E-state index in [4.69, 9.17) is 4.74 Å². The Bertz CT molecular complexity index is 604. The number of ether oxygens (including phenoxy) is 1. The van der Waals surface area contributed by atoms with Crippen LogP contribution >= 0.6 is 0 Å². The van der Waals surface area contributed by atoms with E-state index in [1.165, 1.54) is 12.1 Å². The molecule has 2 aromatic carbocycles. The van der Waals surface area contributed by atoms with E-state index < -0.39 is 12.4 Å². The number of hydrogen-bond donors (Lipinski definition) is 0. The SMILES string of the molecule is CN(C)CCOc1ccc2cc([B-](F)(F)F)ccc2c1.[K+]. The third kappa shape index (κ3) is 5.58. The number of fused-ring (bicyclic) bond motifs is 1. The van der Waals surface area contributed by atoms with E-state index >= 15 is 0 Å². The Morgan fingerprint density at radius 2 is 1.62 bits per heavy atom. The first-order valence-corrected chi connectivity index (χ1v) is 6.37. The first-order valence-electron chi connectivity index (χ1n) is 6.37. The van der Waals surface area contributed by atoms with E-state index in [1.807, 2.05) is 19.0 Å². The van der Waals surface area contributed by atoms with Crippen LogP contribution in [0.3, 0.4) is 0 Å². The average molecular weight is 321 g/mol. The Morgan fingerprint density at radius 1 is 1.00 bits per heavy atom. The molecule has 0 saturated carbocycles. The molecule has 2 nitrogen and oxygen atoms in total. The maximum atomic E-state index is 12.7. The average Bonchev–Trinajstić information content (AvgIpc) is 2.36. The van der Waals surface area contributed by atoms with Crippen molar-refractivity contribution < 1.29 is 69.1 Å². The van der Waals surface area contributed by atoms with Gasteiger partial charge in [-0.2, -0.15) is 0 Å². The Morgan fingerprint density at radius 3 is 2.24 bits per heavy atom. The minimum atomic E-state index is -4.95. The molecule has 0 aliphatic heterocycles. The molecule has 0 spiro atoms.